The van der Waals surface area contributed by atoms with Gasteiger partial charge >= 0.3 is 0 Å². The molecule has 0 aliphatic heterocycles. The van der Waals surface area contributed by atoms with Crippen molar-refractivity contribution in [1.29, 1.82) is 0 Å². The summed E-state index contributed by atoms with van der Waals surface area (Å²) in [6.45, 7) is 2.28. The van der Waals surface area contributed by atoms with E-state index in [-0.39, 0.29) is 16.6 Å². The minimum Gasteiger partial charge on any atom is -0.326 e. The van der Waals surface area contributed by atoms with Crippen molar-refractivity contribution in [3.05, 3.63) is 33.3 Å². The van der Waals surface area contributed by atoms with Gasteiger partial charge in [-0.05, 0) is 18.6 Å². The molecule has 0 atom stereocenters. The van der Waals surface area contributed by atoms with Gasteiger partial charge in [0.05, 0.1) is 4.92 Å². The van der Waals surface area contributed by atoms with Gasteiger partial charge in [0.15, 0.2) is 0 Å². The number of carbonyl (C=O) groups is 1. The number of unbranched alkanes of at least 4 members (excludes halogenated alkanes) is 18. The zero-order valence-electron chi connectivity index (χ0n) is 21.4. The molecule has 6 heteroatoms. The highest BCUT2D eigenvalue weighted by Gasteiger charge is 2.13. The Morgan fingerprint density at radius 2 is 1.18 bits per heavy atom. The van der Waals surface area contributed by atoms with Crippen LogP contribution in [0.5, 0.6) is 0 Å². The smallest absolute Gasteiger partial charge is 0.289 e. The maximum Gasteiger partial charge on any atom is 0.289 e. The van der Waals surface area contributed by atoms with Crippen LogP contribution in [0.2, 0.25) is 5.02 Å². The van der Waals surface area contributed by atoms with E-state index < -0.39 is 4.92 Å². The third kappa shape index (κ3) is 16.1. The number of amides is 1. The van der Waals surface area contributed by atoms with Gasteiger partial charge in [0, 0.05) is 18.2 Å². The predicted octanol–water partition coefficient (Wildman–Crippen LogP) is 10.0. The lowest BCUT2D eigenvalue weighted by Gasteiger charge is -2.06. The van der Waals surface area contributed by atoms with Gasteiger partial charge in [0.1, 0.15) is 5.02 Å². The maximum atomic E-state index is 12.0. The lowest BCUT2D eigenvalue weighted by Crippen LogP contribution is -2.11. The van der Waals surface area contributed by atoms with Gasteiger partial charge < -0.3 is 5.32 Å². The third-order valence-electron chi connectivity index (χ3n) is 6.43. The van der Waals surface area contributed by atoms with E-state index in [1.807, 2.05) is 0 Å². The number of nitro groups is 1. The fourth-order valence-electron chi connectivity index (χ4n) is 4.32. The molecule has 0 fully saturated rings. The van der Waals surface area contributed by atoms with Crippen molar-refractivity contribution in [3.63, 3.8) is 0 Å². The Balaban J connectivity index is 1.86. The maximum absolute atomic E-state index is 12.0. The average molecular weight is 495 g/mol. The molecule has 0 unspecified atom stereocenters. The second-order valence-corrected chi connectivity index (χ2v) is 9.99. The van der Waals surface area contributed by atoms with Crippen LogP contribution in [0.4, 0.5) is 11.4 Å². The van der Waals surface area contributed by atoms with E-state index in [0.717, 1.165) is 19.3 Å². The normalized spacial score (nSPS) is 11.0. The number of nitrogens with zero attached hydrogens (tertiary/aromatic N) is 1. The van der Waals surface area contributed by atoms with Crippen LogP contribution in [0.15, 0.2) is 18.2 Å². The number of carbonyl (C=O) groups excluding carboxylic acids is 1. The van der Waals surface area contributed by atoms with E-state index >= 15 is 0 Å². The lowest BCUT2D eigenvalue weighted by atomic mass is 10.0. The lowest BCUT2D eigenvalue weighted by molar-refractivity contribution is -0.384. The minimum absolute atomic E-state index is 0.0711. The first-order valence-corrected chi connectivity index (χ1v) is 14.2. The van der Waals surface area contributed by atoms with E-state index in [0.29, 0.717) is 12.1 Å². The molecule has 5 nitrogen and oxygen atoms in total. The molecule has 0 saturated carbocycles. The molecule has 1 amide bonds. The van der Waals surface area contributed by atoms with Crippen molar-refractivity contribution < 1.29 is 9.72 Å². The summed E-state index contributed by atoms with van der Waals surface area (Å²) < 4.78 is 0. The second kappa shape index (κ2) is 20.7. The number of nitrogens with one attached hydrogen (secondary N) is 1. The van der Waals surface area contributed by atoms with E-state index in [1.165, 1.54) is 115 Å². The highest BCUT2D eigenvalue weighted by Crippen LogP contribution is 2.27. The Morgan fingerprint density at radius 3 is 1.59 bits per heavy atom. The van der Waals surface area contributed by atoms with E-state index in [4.69, 9.17) is 11.6 Å². The molecule has 0 heterocycles. The van der Waals surface area contributed by atoms with Crippen LogP contribution in [-0.2, 0) is 4.79 Å². The average Bonchev–Trinajstić information content (AvgIpc) is 2.81. The molecule has 0 radical (unpaired) electrons. The molecule has 0 bridgehead atoms. The number of nitro benzene ring substituents is 1. The summed E-state index contributed by atoms with van der Waals surface area (Å²) in [6, 6.07) is 4.33. The number of hydrogen-bond donors (Lipinski definition) is 1. The number of benzene rings is 1. The van der Waals surface area contributed by atoms with Gasteiger partial charge in [-0.15, -0.1) is 0 Å². The van der Waals surface area contributed by atoms with Crippen LogP contribution in [0.3, 0.4) is 0 Å². The topological polar surface area (TPSA) is 72.2 Å². The quantitative estimate of drug-likeness (QED) is 0.0989. The fraction of sp³-hybridized carbons (Fsp3) is 0.750. The van der Waals surface area contributed by atoms with E-state index in [1.54, 1.807) is 6.07 Å². The van der Waals surface area contributed by atoms with Gasteiger partial charge in [-0.2, -0.15) is 0 Å². The molecule has 0 spiro atoms. The molecular weight excluding hydrogens is 448 g/mol. The summed E-state index contributed by atoms with van der Waals surface area (Å²) in [5.41, 5.74) is 0.224. The molecular formula is C28H47ClN2O3. The summed E-state index contributed by atoms with van der Waals surface area (Å²) >= 11 is 5.80. The zero-order valence-corrected chi connectivity index (χ0v) is 22.2. The van der Waals surface area contributed by atoms with Gasteiger partial charge in [-0.1, -0.05) is 134 Å². The van der Waals surface area contributed by atoms with Crippen molar-refractivity contribution in [2.75, 3.05) is 5.32 Å². The van der Waals surface area contributed by atoms with Crippen LogP contribution >= 0.6 is 11.6 Å². The predicted molar refractivity (Wildman–Crippen MR) is 145 cm³/mol. The summed E-state index contributed by atoms with van der Waals surface area (Å²) in [5.74, 6) is -0.108. The third-order valence-corrected chi connectivity index (χ3v) is 6.75. The molecule has 0 aliphatic carbocycles. The molecule has 0 saturated heterocycles. The molecule has 1 N–H and O–H groups in total. The van der Waals surface area contributed by atoms with Crippen molar-refractivity contribution in [3.8, 4) is 0 Å². The molecule has 34 heavy (non-hydrogen) atoms. The number of anilines is 1. The standard InChI is InChI=1S/C28H47ClN2O3/c1-2-3-4-5-6-7-8-9-10-11-12-13-14-15-16-17-18-19-20-21-28(32)30-25-22-23-26(29)27(24-25)31(33)34/h22-24H,2-21H2,1H3,(H,30,32). The summed E-state index contributed by atoms with van der Waals surface area (Å²) in [6.07, 6.45) is 25.6. The van der Waals surface area contributed by atoms with Crippen LogP contribution < -0.4 is 5.32 Å². The Labute approximate surface area is 212 Å². The number of rotatable bonds is 22. The molecule has 0 aliphatic rings. The molecule has 1 aromatic rings. The second-order valence-electron chi connectivity index (χ2n) is 9.59. The Morgan fingerprint density at radius 1 is 0.765 bits per heavy atom. The largest absolute Gasteiger partial charge is 0.326 e. The minimum atomic E-state index is -0.546. The fourth-order valence-corrected chi connectivity index (χ4v) is 4.50. The van der Waals surface area contributed by atoms with E-state index in [9.17, 15) is 14.9 Å². The van der Waals surface area contributed by atoms with Gasteiger partial charge in [0.25, 0.3) is 5.69 Å². The number of hydrogen-bond acceptors (Lipinski definition) is 3. The zero-order chi connectivity index (χ0) is 24.9. The van der Waals surface area contributed by atoms with Crippen molar-refractivity contribution in [2.45, 2.75) is 135 Å². The Kier molecular flexibility index (Phi) is 18.5. The van der Waals surface area contributed by atoms with Crippen LogP contribution in [0.25, 0.3) is 0 Å². The highest BCUT2D eigenvalue weighted by molar-refractivity contribution is 6.32. The van der Waals surface area contributed by atoms with Crippen LogP contribution in [0, 0.1) is 10.1 Å². The van der Waals surface area contributed by atoms with Crippen LogP contribution in [0.1, 0.15) is 135 Å². The van der Waals surface area contributed by atoms with Crippen LogP contribution in [-0.4, -0.2) is 10.8 Å². The van der Waals surface area contributed by atoms with E-state index in [2.05, 4.69) is 12.2 Å². The SMILES string of the molecule is CCCCCCCCCCCCCCCCCCCCCC(=O)Nc1ccc(Cl)c([N+](=O)[O-])c1. The monoisotopic (exact) mass is 494 g/mol. The van der Waals surface area contributed by atoms with Gasteiger partial charge in [-0.3, -0.25) is 14.9 Å². The first kappa shape index (κ1) is 30.4. The Bertz CT molecular complexity index is 682. The summed E-state index contributed by atoms with van der Waals surface area (Å²) in [5, 5.41) is 13.7. The van der Waals surface area contributed by atoms with Crippen molar-refractivity contribution in [1.82, 2.24) is 0 Å². The molecule has 194 valence electrons. The van der Waals surface area contributed by atoms with Crippen molar-refractivity contribution in [2.24, 2.45) is 0 Å². The first-order chi connectivity index (χ1) is 16.5. The van der Waals surface area contributed by atoms with Gasteiger partial charge in [0.2, 0.25) is 5.91 Å². The summed E-state index contributed by atoms with van der Waals surface area (Å²) in [4.78, 5) is 22.4. The number of halogens is 1. The first-order valence-electron chi connectivity index (χ1n) is 13.8. The highest BCUT2D eigenvalue weighted by atomic mass is 35.5. The molecule has 1 aromatic carbocycles. The van der Waals surface area contributed by atoms with Crippen molar-refractivity contribution >= 4 is 28.9 Å². The van der Waals surface area contributed by atoms with Gasteiger partial charge in [-0.25, -0.2) is 0 Å². The summed E-state index contributed by atoms with van der Waals surface area (Å²) in [7, 11) is 0. The Hall–Kier alpha value is -1.62. The molecule has 1 rings (SSSR count). The molecule has 0 aromatic heterocycles.